The van der Waals surface area contributed by atoms with E-state index in [1.165, 1.54) is 25.3 Å². The number of aliphatic carboxylic acids is 1. The molecule has 1 aromatic heterocycles. The van der Waals surface area contributed by atoms with Gasteiger partial charge in [-0.15, -0.1) is 0 Å². The molecule has 0 bridgehead atoms. The molecule has 0 radical (unpaired) electrons. The van der Waals surface area contributed by atoms with Crippen molar-refractivity contribution in [3.05, 3.63) is 49.8 Å². The van der Waals surface area contributed by atoms with E-state index in [-0.39, 0.29) is 27.9 Å². The lowest BCUT2D eigenvalue weighted by Gasteiger charge is -2.06. The standard InChI is InChI=1S/C14H13N3O7S/c1-24-10-4-7(2-3-9(10)17(22)23)6-25-14-15-12(20)8(5-11(18)19)13(21)16-14/h2-4H,5-6H2,1H3,(H,18,19)(H2,15,16,20,21). The van der Waals surface area contributed by atoms with Crippen LogP contribution in [-0.2, 0) is 17.0 Å². The Morgan fingerprint density at radius 3 is 2.76 bits per heavy atom. The van der Waals surface area contributed by atoms with Crippen LogP contribution < -0.4 is 10.3 Å². The highest BCUT2D eigenvalue weighted by Crippen LogP contribution is 2.30. The number of thioether (sulfide) groups is 1. The topological polar surface area (TPSA) is 156 Å². The summed E-state index contributed by atoms with van der Waals surface area (Å²) in [5.74, 6) is -1.52. The monoisotopic (exact) mass is 367 g/mol. The van der Waals surface area contributed by atoms with E-state index in [2.05, 4.69) is 9.97 Å². The third-order valence-electron chi connectivity index (χ3n) is 3.12. The van der Waals surface area contributed by atoms with E-state index in [0.717, 1.165) is 11.8 Å². The van der Waals surface area contributed by atoms with Crippen LogP contribution >= 0.6 is 11.8 Å². The first kappa shape index (κ1) is 18.3. The minimum Gasteiger partial charge on any atom is -0.493 e. The lowest BCUT2D eigenvalue weighted by molar-refractivity contribution is -0.385. The molecule has 11 heteroatoms. The number of carboxylic acids is 1. The van der Waals surface area contributed by atoms with Gasteiger partial charge in [-0.3, -0.25) is 19.7 Å². The van der Waals surface area contributed by atoms with E-state index in [9.17, 15) is 24.8 Å². The van der Waals surface area contributed by atoms with Gasteiger partial charge in [-0.2, -0.15) is 4.98 Å². The summed E-state index contributed by atoms with van der Waals surface area (Å²) in [5.41, 5.74) is -0.560. The van der Waals surface area contributed by atoms with Crippen LogP contribution in [0.5, 0.6) is 11.6 Å². The van der Waals surface area contributed by atoms with Gasteiger partial charge in [0.2, 0.25) is 5.88 Å². The summed E-state index contributed by atoms with van der Waals surface area (Å²) in [7, 11) is 1.32. The number of nitrogens with one attached hydrogen (secondary N) is 1. The number of benzene rings is 1. The molecule has 0 aliphatic heterocycles. The summed E-state index contributed by atoms with van der Waals surface area (Å²) in [6.45, 7) is 0. The first-order chi connectivity index (χ1) is 11.8. The van der Waals surface area contributed by atoms with E-state index in [4.69, 9.17) is 9.84 Å². The molecule has 0 fully saturated rings. The highest BCUT2D eigenvalue weighted by molar-refractivity contribution is 7.98. The maximum atomic E-state index is 11.8. The molecule has 10 nitrogen and oxygen atoms in total. The predicted molar refractivity (Wildman–Crippen MR) is 87.1 cm³/mol. The fourth-order valence-electron chi connectivity index (χ4n) is 1.96. The molecule has 1 aromatic carbocycles. The number of hydrogen-bond acceptors (Lipinski definition) is 8. The molecule has 3 N–H and O–H groups in total. The van der Waals surface area contributed by atoms with Gasteiger partial charge >= 0.3 is 11.7 Å². The second-order valence-electron chi connectivity index (χ2n) is 4.80. The largest absolute Gasteiger partial charge is 0.493 e. The molecular formula is C14H13N3O7S. The molecule has 0 unspecified atom stereocenters. The van der Waals surface area contributed by atoms with Crippen LogP contribution in [0, 0.1) is 10.1 Å². The second-order valence-corrected chi connectivity index (χ2v) is 5.76. The number of hydrogen-bond donors (Lipinski definition) is 3. The van der Waals surface area contributed by atoms with E-state index in [0.29, 0.717) is 5.56 Å². The molecule has 25 heavy (non-hydrogen) atoms. The van der Waals surface area contributed by atoms with Crippen molar-refractivity contribution in [2.75, 3.05) is 7.11 Å². The Hall–Kier alpha value is -3.08. The predicted octanol–water partition coefficient (Wildman–Crippen LogP) is 1.31. The number of carbonyl (C=O) groups is 1. The van der Waals surface area contributed by atoms with Crippen molar-refractivity contribution in [2.24, 2.45) is 0 Å². The third-order valence-corrected chi connectivity index (χ3v) is 4.06. The van der Waals surface area contributed by atoms with Crippen molar-refractivity contribution in [3.8, 4) is 11.6 Å². The van der Waals surface area contributed by atoms with Crippen molar-refractivity contribution in [3.63, 3.8) is 0 Å². The molecule has 0 saturated heterocycles. The molecule has 2 aromatic rings. The van der Waals surface area contributed by atoms with Crippen LogP contribution in [0.15, 0.2) is 28.2 Å². The Kier molecular flexibility index (Phi) is 5.60. The van der Waals surface area contributed by atoms with E-state index >= 15 is 0 Å². The van der Waals surface area contributed by atoms with Gasteiger partial charge in [0, 0.05) is 11.8 Å². The highest BCUT2D eigenvalue weighted by atomic mass is 32.2. The fraction of sp³-hybridized carbons (Fsp3) is 0.214. The molecule has 0 saturated carbocycles. The Bertz CT molecular complexity index is 881. The molecule has 0 amide bonds. The maximum absolute atomic E-state index is 11.8. The number of aromatic hydroxyl groups is 1. The van der Waals surface area contributed by atoms with Crippen molar-refractivity contribution in [1.29, 1.82) is 0 Å². The van der Waals surface area contributed by atoms with Crippen molar-refractivity contribution < 1.29 is 24.7 Å². The minimum absolute atomic E-state index is 0.0916. The molecule has 0 aliphatic rings. The Labute approximate surface area is 144 Å². The minimum atomic E-state index is -1.26. The summed E-state index contributed by atoms with van der Waals surface area (Å²) in [6.07, 6.45) is -0.640. The maximum Gasteiger partial charge on any atom is 0.310 e. The number of aromatic amines is 1. The van der Waals surface area contributed by atoms with Gasteiger partial charge in [-0.1, -0.05) is 17.8 Å². The van der Waals surface area contributed by atoms with Crippen molar-refractivity contribution in [2.45, 2.75) is 17.3 Å². The number of nitrogens with zero attached hydrogens (tertiary/aromatic N) is 2. The molecular weight excluding hydrogens is 354 g/mol. The lowest BCUT2D eigenvalue weighted by Crippen LogP contribution is -2.18. The normalized spacial score (nSPS) is 10.4. The van der Waals surface area contributed by atoms with Gasteiger partial charge in [-0.05, 0) is 11.6 Å². The van der Waals surface area contributed by atoms with Crippen molar-refractivity contribution >= 4 is 23.4 Å². The first-order valence-corrected chi connectivity index (χ1v) is 7.78. The summed E-state index contributed by atoms with van der Waals surface area (Å²) < 4.78 is 4.97. The highest BCUT2D eigenvalue weighted by Gasteiger charge is 2.16. The number of rotatable bonds is 7. The van der Waals surface area contributed by atoms with Crippen LogP contribution in [0.1, 0.15) is 11.1 Å². The van der Waals surface area contributed by atoms with Gasteiger partial charge < -0.3 is 19.9 Å². The summed E-state index contributed by atoms with van der Waals surface area (Å²) >= 11 is 1.06. The summed E-state index contributed by atoms with van der Waals surface area (Å²) in [4.78, 5) is 38.9. The number of aromatic nitrogens is 2. The number of H-pyrrole nitrogens is 1. The van der Waals surface area contributed by atoms with Crippen LogP contribution in [0.25, 0.3) is 0 Å². The van der Waals surface area contributed by atoms with E-state index in [1.807, 2.05) is 0 Å². The molecule has 0 spiro atoms. The number of nitro benzene ring substituents is 1. The number of carboxylic acid groups (broad SMARTS) is 1. The average Bonchev–Trinajstić information content (AvgIpc) is 2.55. The SMILES string of the molecule is COc1cc(CSc2nc(O)c(CC(=O)O)c(=O)[nH]2)ccc1[N+](=O)[O-]. The number of methoxy groups -OCH3 is 1. The molecule has 0 atom stereocenters. The van der Waals surface area contributed by atoms with Gasteiger partial charge in [0.15, 0.2) is 10.9 Å². The van der Waals surface area contributed by atoms with Crippen LogP contribution in [0.2, 0.25) is 0 Å². The van der Waals surface area contributed by atoms with Crippen LogP contribution in [0.3, 0.4) is 0 Å². The Morgan fingerprint density at radius 1 is 1.48 bits per heavy atom. The van der Waals surface area contributed by atoms with E-state index < -0.39 is 28.8 Å². The smallest absolute Gasteiger partial charge is 0.310 e. The van der Waals surface area contributed by atoms with Crippen molar-refractivity contribution in [1.82, 2.24) is 9.97 Å². The third kappa shape index (κ3) is 4.47. The molecule has 1 heterocycles. The zero-order chi connectivity index (χ0) is 18.6. The Morgan fingerprint density at radius 2 is 2.20 bits per heavy atom. The summed E-state index contributed by atoms with van der Waals surface area (Å²) in [6, 6.07) is 4.32. The summed E-state index contributed by atoms with van der Waals surface area (Å²) in [5, 5.41) is 29.3. The molecule has 0 aliphatic carbocycles. The number of nitro groups is 1. The quantitative estimate of drug-likeness (QED) is 0.284. The van der Waals surface area contributed by atoms with Crippen LogP contribution in [0.4, 0.5) is 5.69 Å². The first-order valence-electron chi connectivity index (χ1n) is 6.80. The lowest BCUT2D eigenvalue weighted by atomic mass is 10.2. The van der Waals surface area contributed by atoms with E-state index in [1.54, 1.807) is 0 Å². The van der Waals surface area contributed by atoms with Gasteiger partial charge in [-0.25, -0.2) is 0 Å². The zero-order valence-corrected chi connectivity index (χ0v) is 13.7. The second kappa shape index (κ2) is 7.66. The fourth-order valence-corrected chi connectivity index (χ4v) is 2.76. The van der Waals surface area contributed by atoms with Gasteiger partial charge in [0.05, 0.1) is 24.0 Å². The van der Waals surface area contributed by atoms with Gasteiger partial charge in [0.1, 0.15) is 0 Å². The van der Waals surface area contributed by atoms with Gasteiger partial charge in [0.25, 0.3) is 5.56 Å². The Balaban J connectivity index is 2.18. The number of ether oxygens (including phenoxy) is 1. The van der Waals surface area contributed by atoms with Crippen LogP contribution in [-0.4, -0.2) is 38.2 Å². The molecule has 132 valence electrons. The average molecular weight is 367 g/mol. The zero-order valence-electron chi connectivity index (χ0n) is 12.9. The molecule has 2 rings (SSSR count).